The molecule has 0 amide bonds. The highest BCUT2D eigenvalue weighted by Crippen LogP contribution is 2.21. The van der Waals surface area contributed by atoms with E-state index in [0.717, 1.165) is 6.42 Å². The van der Waals surface area contributed by atoms with E-state index >= 15 is 0 Å². The first-order valence-electron chi connectivity index (χ1n) is 6.11. The van der Waals surface area contributed by atoms with Crippen LogP contribution < -0.4 is 4.90 Å². The Morgan fingerprint density at radius 3 is 2.53 bits per heavy atom. The Morgan fingerprint density at radius 1 is 1.37 bits per heavy atom. The van der Waals surface area contributed by atoms with E-state index in [1.807, 2.05) is 6.92 Å². The first-order valence-corrected chi connectivity index (χ1v) is 6.11. The molecule has 0 saturated heterocycles. The number of rotatable bonds is 6. The van der Waals surface area contributed by atoms with Crippen LogP contribution in [0.3, 0.4) is 0 Å². The minimum Gasteiger partial charge on any atom is -0.468 e. The maximum absolute atomic E-state index is 14.0. The van der Waals surface area contributed by atoms with Gasteiger partial charge in [-0.15, -0.1) is 0 Å². The zero-order valence-corrected chi connectivity index (χ0v) is 11.4. The lowest BCUT2D eigenvalue weighted by molar-refractivity contribution is -0.138. The first-order chi connectivity index (χ1) is 8.99. The van der Waals surface area contributed by atoms with E-state index in [4.69, 9.17) is 0 Å². The monoisotopic (exact) mass is 267 g/mol. The maximum atomic E-state index is 14.0. The predicted molar refractivity (Wildman–Crippen MR) is 70.9 cm³/mol. The fourth-order valence-electron chi connectivity index (χ4n) is 1.76. The number of anilines is 1. The molecule has 0 aliphatic heterocycles. The normalized spacial score (nSPS) is 10.1. The van der Waals surface area contributed by atoms with E-state index in [9.17, 15) is 14.0 Å². The van der Waals surface area contributed by atoms with E-state index in [1.54, 1.807) is 11.0 Å². The second-order valence-electron chi connectivity index (χ2n) is 4.22. The maximum Gasteiger partial charge on any atom is 0.325 e. The van der Waals surface area contributed by atoms with Gasteiger partial charge in [0.25, 0.3) is 0 Å². The second-order valence-corrected chi connectivity index (χ2v) is 4.22. The summed E-state index contributed by atoms with van der Waals surface area (Å²) in [5.74, 6) is -1.13. The van der Waals surface area contributed by atoms with Crippen LogP contribution in [0.2, 0.25) is 0 Å². The van der Waals surface area contributed by atoms with Gasteiger partial charge in [0, 0.05) is 12.1 Å². The molecule has 0 unspecified atom stereocenters. The van der Waals surface area contributed by atoms with Crippen molar-refractivity contribution in [1.29, 1.82) is 0 Å². The Kier molecular flexibility index (Phi) is 5.48. The van der Waals surface area contributed by atoms with Crippen molar-refractivity contribution < 1.29 is 18.7 Å². The van der Waals surface area contributed by atoms with Crippen LogP contribution >= 0.6 is 0 Å². The second kappa shape index (κ2) is 6.87. The molecule has 0 saturated carbocycles. The molecule has 1 rings (SSSR count). The number of Topliss-reactive ketones (excluding diaryl/α,β-unsaturated/α-hetero) is 1. The molecule has 0 spiro atoms. The van der Waals surface area contributed by atoms with Gasteiger partial charge in [0.2, 0.25) is 0 Å². The molecule has 0 aliphatic carbocycles. The molecule has 0 aromatic heterocycles. The molecule has 0 bridgehead atoms. The molecule has 5 heteroatoms. The van der Waals surface area contributed by atoms with Crippen LogP contribution in [0, 0.1) is 5.82 Å². The van der Waals surface area contributed by atoms with Crippen LogP contribution in [0.4, 0.5) is 10.1 Å². The summed E-state index contributed by atoms with van der Waals surface area (Å²) in [5.41, 5.74) is 0.619. The minimum atomic E-state index is -0.509. The Morgan fingerprint density at radius 2 is 2.05 bits per heavy atom. The molecule has 1 aromatic rings. The van der Waals surface area contributed by atoms with Gasteiger partial charge < -0.3 is 9.64 Å². The number of nitrogens with zero attached hydrogens (tertiary/aromatic N) is 1. The molecule has 104 valence electrons. The summed E-state index contributed by atoms with van der Waals surface area (Å²) in [5, 5.41) is 0. The van der Waals surface area contributed by atoms with Gasteiger partial charge in [0.15, 0.2) is 5.78 Å². The fourth-order valence-corrected chi connectivity index (χ4v) is 1.76. The van der Waals surface area contributed by atoms with Crippen LogP contribution in [0.1, 0.15) is 30.6 Å². The van der Waals surface area contributed by atoms with E-state index in [0.29, 0.717) is 17.8 Å². The van der Waals surface area contributed by atoms with Gasteiger partial charge in [-0.2, -0.15) is 0 Å². The van der Waals surface area contributed by atoms with Crippen molar-refractivity contribution in [2.45, 2.75) is 20.3 Å². The molecule has 0 heterocycles. The largest absolute Gasteiger partial charge is 0.468 e. The summed E-state index contributed by atoms with van der Waals surface area (Å²) in [6.07, 6.45) is 0.769. The molecule has 0 aliphatic rings. The van der Waals surface area contributed by atoms with Crippen LogP contribution in [0.25, 0.3) is 0 Å². The Labute approximate surface area is 112 Å². The molecule has 0 fully saturated rings. The summed E-state index contributed by atoms with van der Waals surface area (Å²) in [6.45, 7) is 3.84. The number of methoxy groups -OCH3 is 1. The molecular weight excluding hydrogens is 249 g/mol. The van der Waals surface area contributed by atoms with Gasteiger partial charge in [-0.1, -0.05) is 6.92 Å². The lowest BCUT2D eigenvalue weighted by Crippen LogP contribution is -2.32. The molecule has 0 atom stereocenters. The van der Waals surface area contributed by atoms with Crippen LogP contribution in [-0.4, -0.2) is 32.0 Å². The lowest BCUT2D eigenvalue weighted by Gasteiger charge is -2.23. The molecule has 1 aromatic carbocycles. The van der Waals surface area contributed by atoms with Gasteiger partial charge in [-0.3, -0.25) is 9.59 Å². The average Bonchev–Trinajstić information content (AvgIpc) is 2.37. The van der Waals surface area contributed by atoms with Crippen molar-refractivity contribution >= 4 is 17.4 Å². The number of hydrogen-bond donors (Lipinski definition) is 0. The number of ether oxygens (including phenoxy) is 1. The van der Waals surface area contributed by atoms with Crippen molar-refractivity contribution in [3.63, 3.8) is 0 Å². The van der Waals surface area contributed by atoms with Gasteiger partial charge in [0.1, 0.15) is 12.4 Å². The molecule has 0 N–H and O–H groups in total. The third kappa shape index (κ3) is 4.05. The molecular formula is C14H18FNO3. The van der Waals surface area contributed by atoms with Gasteiger partial charge >= 0.3 is 5.97 Å². The Bertz CT molecular complexity index is 474. The summed E-state index contributed by atoms with van der Waals surface area (Å²) in [4.78, 5) is 24.1. The third-order valence-electron chi connectivity index (χ3n) is 2.74. The number of halogens is 1. The first kappa shape index (κ1) is 15.1. The van der Waals surface area contributed by atoms with Crippen molar-refractivity contribution in [2.75, 3.05) is 25.1 Å². The predicted octanol–water partition coefficient (Wildman–Crippen LogP) is 2.42. The van der Waals surface area contributed by atoms with E-state index < -0.39 is 11.8 Å². The number of ketones is 1. The molecule has 4 nitrogen and oxygen atoms in total. The zero-order chi connectivity index (χ0) is 14.4. The Balaban J connectivity index is 3.02. The van der Waals surface area contributed by atoms with E-state index in [-0.39, 0.29) is 12.3 Å². The highest BCUT2D eigenvalue weighted by Gasteiger charge is 2.16. The van der Waals surface area contributed by atoms with Gasteiger partial charge in [-0.25, -0.2) is 4.39 Å². The van der Waals surface area contributed by atoms with Gasteiger partial charge in [0.05, 0.1) is 12.8 Å². The summed E-state index contributed by atoms with van der Waals surface area (Å²) < 4.78 is 18.6. The zero-order valence-electron chi connectivity index (χ0n) is 11.4. The Hall–Kier alpha value is -1.91. The minimum absolute atomic E-state index is 0.0132. The number of hydrogen-bond acceptors (Lipinski definition) is 4. The number of benzene rings is 1. The summed E-state index contributed by atoms with van der Waals surface area (Å²) >= 11 is 0. The quantitative estimate of drug-likeness (QED) is 0.586. The standard InChI is InChI=1S/C14H18FNO3/c1-4-7-16(9-14(18)19-3)13-6-5-11(10(2)17)8-12(13)15/h5-6,8H,4,7,9H2,1-3H3. The summed E-state index contributed by atoms with van der Waals surface area (Å²) in [6, 6.07) is 4.27. The van der Waals surface area contributed by atoms with Crippen LogP contribution in [-0.2, 0) is 9.53 Å². The van der Waals surface area contributed by atoms with E-state index in [2.05, 4.69) is 4.74 Å². The highest BCUT2D eigenvalue weighted by molar-refractivity contribution is 5.94. The average molecular weight is 267 g/mol. The van der Waals surface area contributed by atoms with Crippen LogP contribution in [0.5, 0.6) is 0 Å². The topological polar surface area (TPSA) is 46.6 Å². The summed E-state index contributed by atoms with van der Waals surface area (Å²) in [7, 11) is 1.29. The smallest absolute Gasteiger partial charge is 0.325 e. The third-order valence-corrected chi connectivity index (χ3v) is 2.74. The lowest BCUT2D eigenvalue weighted by atomic mass is 10.1. The highest BCUT2D eigenvalue weighted by atomic mass is 19.1. The molecule has 0 radical (unpaired) electrons. The van der Waals surface area contributed by atoms with Crippen molar-refractivity contribution in [3.8, 4) is 0 Å². The van der Waals surface area contributed by atoms with E-state index in [1.165, 1.54) is 26.2 Å². The number of esters is 1. The van der Waals surface area contributed by atoms with Crippen molar-refractivity contribution in [2.24, 2.45) is 0 Å². The van der Waals surface area contributed by atoms with Crippen molar-refractivity contribution in [1.82, 2.24) is 0 Å². The SMILES string of the molecule is CCCN(CC(=O)OC)c1ccc(C(C)=O)cc1F. The fraction of sp³-hybridized carbons (Fsp3) is 0.429. The number of carbonyl (C=O) groups is 2. The molecule has 19 heavy (non-hydrogen) atoms. The number of carbonyl (C=O) groups excluding carboxylic acids is 2. The van der Waals surface area contributed by atoms with Crippen molar-refractivity contribution in [3.05, 3.63) is 29.6 Å². The van der Waals surface area contributed by atoms with Gasteiger partial charge in [-0.05, 0) is 31.5 Å². The van der Waals surface area contributed by atoms with Crippen LogP contribution in [0.15, 0.2) is 18.2 Å².